The van der Waals surface area contributed by atoms with E-state index in [-0.39, 0.29) is 11.3 Å². The summed E-state index contributed by atoms with van der Waals surface area (Å²) in [5.74, 6) is 0.172. The molecule has 0 aliphatic heterocycles. The van der Waals surface area contributed by atoms with Gasteiger partial charge in [0.25, 0.3) is 0 Å². The van der Waals surface area contributed by atoms with E-state index < -0.39 is 16.0 Å². The molecule has 0 saturated heterocycles. The molecule has 2 unspecified atom stereocenters. The summed E-state index contributed by atoms with van der Waals surface area (Å²) in [7, 11) is -1.25. The third-order valence-corrected chi connectivity index (χ3v) is 5.55. The summed E-state index contributed by atoms with van der Waals surface area (Å²) >= 11 is 0. The zero-order valence-corrected chi connectivity index (χ0v) is 15.5. The fraction of sp³-hybridized carbons (Fsp3) is 0.350. The number of anilines is 1. The van der Waals surface area contributed by atoms with Gasteiger partial charge in [0.2, 0.25) is 5.91 Å². The number of hydrogen-bond acceptors (Lipinski definition) is 2. The smallest absolute Gasteiger partial charge is 0.239 e. The lowest BCUT2D eigenvalue weighted by Gasteiger charge is -2.19. The Morgan fingerprint density at radius 1 is 1.04 bits per heavy atom. The van der Waals surface area contributed by atoms with E-state index in [9.17, 15) is 9.00 Å². The highest BCUT2D eigenvalue weighted by Crippen LogP contribution is 2.23. The van der Waals surface area contributed by atoms with Crippen molar-refractivity contribution >= 4 is 22.4 Å². The molecule has 0 aliphatic rings. The van der Waals surface area contributed by atoms with Gasteiger partial charge in [-0.05, 0) is 35.6 Å². The van der Waals surface area contributed by atoms with E-state index in [1.165, 1.54) is 5.56 Å². The molecule has 3 nitrogen and oxygen atoms in total. The summed E-state index contributed by atoms with van der Waals surface area (Å²) in [6, 6.07) is 17.4. The first-order chi connectivity index (χ1) is 11.3. The van der Waals surface area contributed by atoms with E-state index in [0.29, 0.717) is 5.75 Å². The van der Waals surface area contributed by atoms with Crippen molar-refractivity contribution in [2.45, 2.75) is 44.1 Å². The second-order valence-electron chi connectivity index (χ2n) is 6.97. The van der Waals surface area contributed by atoms with Crippen LogP contribution in [0.3, 0.4) is 0 Å². The molecule has 0 saturated carbocycles. The molecule has 24 heavy (non-hydrogen) atoms. The van der Waals surface area contributed by atoms with Crippen LogP contribution in [0.5, 0.6) is 0 Å². The van der Waals surface area contributed by atoms with E-state index in [2.05, 4.69) is 26.1 Å². The van der Waals surface area contributed by atoms with Gasteiger partial charge in [-0.15, -0.1) is 0 Å². The minimum Gasteiger partial charge on any atom is -0.325 e. The normalized spacial score (nSPS) is 14.0. The fourth-order valence-corrected chi connectivity index (χ4v) is 3.35. The Morgan fingerprint density at radius 2 is 1.62 bits per heavy atom. The molecule has 0 bridgehead atoms. The second kappa shape index (κ2) is 7.75. The highest BCUT2D eigenvalue weighted by molar-refractivity contribution is 7.85. The van der Waals surface area contributed by atoms with Gasteiger partial charge in [0.15, 0.2) is 0 Å². The van der Waals surface area contributed by atoms with Crippen molar-refractivity contribution in [1.82, 2.24) is 0 Å². The van der Waals surface area contributed by atoms with Crippen LogP contribution in [0.1, 0.15) is 38.8 Å². The highest BCUT2D eigenvalue weighted by Gasteiger charge is 2.20. The third-order valence-electron chi connectivity index (χ3n) is 3.93. The maximum atomic E-state index is 12.4. The summed E-state index contributed by atoms with van der Waals surface area (Å²) in [4.78, 5) is 12.3. The molecule has 0 fully saturated rings. The molecule has 0 spiro atoms. The van der Waals surface area contributed by atoms with Crippen LogP contribution < -0.4 is 5.32 Å². The third kappa shape index (κ3) is 5.03. The molecule has 2 atom stereocenters. The number of carbonyl (C=O) groups excluding carboxylic acids is 1. The first-order valence-corrected chi connectivity index (χ1v) is 9.48. The predicted molar refractivity (Wildman–Crippen MR) is 102 cm³/mol. The molecule has 0 radical (unpaired) electrons. The van der Waals surface area contributed by atoms with Crippen molar-refractivity contribution in [2.24, 2.45) is 0 Å². The van der Waals surface area contributed by atoms with Crippen molar-refractivity contribution in [2.75, 3.05) is 5.32 Å². The summed E-state index contributed by atoms with van der Waals surface area (Å²) in [6.07, 6.45) is 0. The molecule has 0 aliphatic carbocycles. The maximum Gasteiger partial charge on any atom is 0.239 e. The fourth-order valence-electron chi connectivity index (χ4n) is 2.28. The van der Waals surface area contributed by atoms with Crippen LogP contribution in [0.2, 0.25) is 0 Å². The van der Waals surface area contributed by atoms with Gasteiger partial charge in [0, 0.05) is 22.2 Å². The lowest BCUT2D eigenvalue weighted by molar-refractivity contribution is -0.115. The predicted octanol–water partition coefficient (Wildman–Crippen LogP) is 4.26. The lowest BCUT2D eigenvalue weighted by Crippen LogP contribution is -2.29. The molecule has 2 rings (SSSR count). The largest absolute Gasteiger partial charge is 0.325 e. The highest BCUT2D eigenvalue weighted by atomic mass is 32.2. The first kappa shape index (κ1) is 18.4. The van der Waals surface area contributed by atoms with Crippen LogP contribution in [0.25, 0.3) is 0 Å². The maximum absolute atomic E-state index is 12.4. The van der Waals surface area contributed by atoms with Crippen molar-refractivity contribution in [1.29, 1.82) is 0 Å². The zero-order chi connectivity index (χ0) is 17.7. The average Bonchev–Trinajstić information content (AvgIpc) is 2.54. The Bertz CT molecular complexity index is 703. The monoisotopic (exact) mass is 343 g/mol. The summed E-state index contributed by atoms with van der Waals surface area (Å²) < 4.78 is 12.4. The molecular weight excluding hydrogens is 318 g/mol. The molecule has 0 aromatic heterocycles. The van der Waals surface area contributed by atoms with Crippen LogP contribution in [0.4, 0.5) is 5.69 Å². The molecule has 4 heteroatoms. The van der Waals surface area contributed by atoms with E-state index in [4.69, 9.17) is 0 Å². The Morgan fingerprint density at radius 3 is 2.17 bits per heavy atom. The number of rotatable bonds is 5. The number of hydrogen-bond donors (Lipinski definition) is 1. The van der Waals surface area contributed by atoms with Gasteiger partial charge in [-0.3, -0.25) is 9.00 Å². The molecule has 1 N–H and O–H groups in total. The summed E-state index contributed by atoms with van der Waals surface area (Å²) in [6.45, 7) is 8.15. The van der Waals surface area contributed by atoms with Crippen LogP contribution in [-0.2, 0) is 26.8 Å². The molecule has 2 aromatic carbocycles. The number of carbonyl (C=O) groups is 1. The van der Waals surface area contributed by atoms with Gasteiger partial charge in [-0.2, -0.15) is 0 Å². The van der Waals surface area contributed by atoms with E-state index >= 15 is 0 Å². The number of benzene rings is 2. The van der Waals surface area contributed by atoms with Gasteiger partial charge in [0.05, 0.1) is 0 Å². The SMILES string of the molecule is CC(C(=O)Nc1ccc(C(C)(C)C)cc1)S(=O)Cc1ccccc1. The summed E-state index contributed by atoms with van der Waals surface area (Å²) in [5, 5.41) is 2.29. The van der Waals surface area contributed by atoms with Crippen molar-refractivity contribution in [3.8, 4) is 0 Å². The Labute approximate surface area is 146 Å². The molecule has 1 amide bonds. The van der Waals surface area contributed by atoms with Gasteiger partial charge >= 0.3 is 0 Å². The number of amides is 1. The summed E-state index contributed by atoms with van der Waals surface area (Å²) in [5.41, 5.74) is 3.00. The topological polar surface area (TPSA) is 46.2 Å². The Hall–Kier alpha value is -1.94. The first-order valence-electron chi connectivity index (χ1n) is 8.10. The lowest BCUT2D eigenvalue weighted by atomic mass is 9.87. The average molecular weight is 343 g/mol. The zero-order valence-electron chi connectivity index (χ0n) is 14.7. The van der Waals surface area contributed by atoms with Gasteiger partial charge in [0.1, 0.15) is 5.25 Å². The minimum atomic E-state index is -1.25. The van der Waals surface area contributed by atoms with E-state index in [0.717, 1.165) is 11.3 Å². The van der Waals surface area contributed by atoms with Crippen molar-refractivity contribution in [3.05, 3.63) is 65.7 Å². The number of nitrogens with one attached hydrogen (secondary N) is 1. The minimum absolute atomic E-state index is 0.0764. The molecule has 2 aromatic rings. The van der Waals surface area contributed by atoms with E-state index in [1.807, 2.05) is 54.6 Å². The standard InChI is InChI=1S/C20H25NO2S/c1-15(24(23)14-16-8-6-5-7-9-16)19(22)21-18-12-10-17(11-13-18)20(2,3)4/h5-13,15H,14H2,1-4H3,(H,21,22). The van der Waals surface area contributed by atoms with Gasteiger partial charge < -0.3 is 5.32 Å². The molecule has 0 heterocycles. The van der Waals surface area contributed by atoms with Crippen molar-refractivity contribution in [3.63, 3.8) is 0 Å². The van der Waals surface area contributed by atoms with Crippen LogP contribution >= 0.6 is 0 Å². The van der Waals surface area contributed by atoms with Crippen LogP contribution in [-0.4, -0.2) is 15.4 Å². The Kier molecular flexibility index (Phi) is 5.94. The van der Waals surface area contributed by atoms with Gasteiger partial charge in [-0.1, -0.05) is 63.2 Å². The molecule has 128 valence electrons. The van der Waals surface area contributed by atoms with Crippen LogP contribution in [0.15, 0.2) is 54.6 Å². The van der Waals surface area contributed by atoms with Crippen molar-refractivity contribution < 1.29 is 9.00 Å². The second-order valence-corrected chi connectivity index (χ2v) is 8.73. The Balaban J connectivity index is 1.97. The molecular formula is C20H25NO2S. The van der Waals surface area contributed by atoms with Crippen LogP contribution in [0, 0.1) is 0 Å². The quantitative estimate of drug-likeness (QED) is 0.882. The van der Waals surface area contributed by atoms with E-state index in [1.54, 1.807) is 6.92 Å². The van der Waals surface area contributed by atoms with Gasteiger partial charge in [-0.25, -0.2) is 0 Å².